The molecule has 0 unspecified atom stereocenters. The van der Waals surface area contributed by atoms with Crippen LogP contribution in [0.15, 0.2) is 123 Å². The molecular weight excluding hydrogens is 1170 g/mol. The molecule has 0 saturated carbocycles. The predicted octanol–water partition coefficient (Wildman–Crippen LogP) is -3.50. The van der Waals surface area contributed by atoms with Crippen LogP contribution in [0.4, 0.5) is 0 Å². The Bertz CT molecular complexity index is 3220. The number of amides is 9. The van der Waals surface area contributed by atoms with Crippen molar-refractivity contribution in [1.82, 2.24) is 47.9 Å². The minimum absolute atomic E-state index is 0.00256. The maximum absolute atomic E-state index is 15.2. The molecule has 25 N–H and O–H groups in total. The molecule has 490 valence electrons. The van der Waals surface area contributed by atoms with Crippen molar-refractivity contribution >= 4 is 87.8 Å². The van der Waals surface area contributed by atoms with E-state index < -0.39 is 101 Å². The third-order valence-corrected chi connectivity index (χ3v) is 14.6. The monoisotopic (exact) mass is 1260 g/mol. The number of nitrogens with zero attached hydrogens (tertiary/aromatic N) is 4. The summed E-state index contributed by atoms with van der Waals surface area (Å²) in [4.78, 5) is 148. The van der Waals surface area contributed by atoms with Gasteiger partial charge < -0.3 is 93.7 Å². The molecule has 0 aromatic heterocycles. The van der Waals surface area contributed by atoms with Crippen molar-refractivity contribution in [1.29, 1.82) is 0 Å². The second-order valence-electron chi connectivity index (χ2n) is 21.8. The molecule has 8 atom stereocenters. The van der Waals surface area contributed by atoms with Gasteiger partial charge in [-0.15, -0.1) is 0 Å². The van der Waals surface area contributed by atoms with E-state index in [2.05, 4.69) is 67.8 Å². The molecule has 0 bridgehead atoms. The van der Waals surface area contributed by atoms with Crippen LogP contribution in [0.25, 0.3) is 10.8 Å². The van der Waals surface area contributed by atoms with E-state index in [0.717, 1.165) is 10.8 Å². The van der Waals surface area contributed by atoms with Crippen molar-refractivity contribution in [3.05, 3.63) is 120 Å². The van der Waals surface area contributed by atoms with E-state index in [9.17, 15) is 28.8 Å². The quantitative estimate of drug-likeness (QED) is 0.0174. The summed E-state index contributed by atoms with van der Waals surface area (Å²) in [6.07, 6.45) is -1.22. The SMILES string of the molecule is CNC(=O)CC[C@@H]1NC(=O)[C@H](CCCN=C(N)N)NC(=O)[C@H](CCCN=C(N)N)NC(=O)[C@H](CCCN=C(N)N)NC(=O)[C@H](CCCN=C(N)N)NC(=O)[C@H](Cc2ccc3ccccc3c2)NC(=O)[C@H](Cc2ccccc2)NC(=O)[C@H](Cc2ccccc2)NC1=O. The lowest BCUT2D eigenvalue weighted by atomic mass is 9.99. The van der Waals surface area contributed by atoms with Crippen LogP contribution >= 0.6 is 0 Å². The summed E-state index contributed by atoms with van der Waals surface area (Å²) in [5, 5.41) is 26.3. The number of carbonyl (C=O) groups excluding carboxylic acids is 9. The van der Waals surface area contributed by atoms with Gasteiger partial charge in [0.15, 0.2) is 23.8 Å². The first-order valence-electron chi connectivity index (χ1n) is 30.0. The number of nitrogens with two attached hydrogens (primary N) is 8. The van der Waals surface area contributed by atoms with E-state index in [1.807, 2.05) is 36.4 Å². The Labute approximate surface area is 527 Å². The number of hydrogen-bond acceptors (Lipinski definition) is 13. The van der Waals surface area contributed by atoms with E-state index in [1.165, 1.54) is 7.05 Å². The minimum Gasteiger partial charge on any atom is -0.370 e. The molecule has 1 saturated heterocycles. The van der Waals surface area contributed by atoms with Crippen LogP contribution in [0.2, 0.25) is 0 Å². The normalized spacial score (nSPS) is 20.6. The number of aliphatic imine (C=N–C) groups is 4. The average molecular weight is 1260 g/mol. The number of benzene rings is 4. The van der Waals surface area contributed by atoms with E-state index in [-0.39, 0.29) is 133 Å². The Morgan fingerprint density at radius 1 is 0.352 bits per heavy atom. The van der Waals surface area contributed by atoms with Crippen molar-refractivity contribution in [3.8, 4) is 0 Å². The van der Waals surface area contributed by atoms with E-state index in [0.29, 0.717) is 16.7 Å². The van der Waals surface area contributed by atoms with Gasteiger partial charge in [0.05, 0.1) is 0 Å². The van der Waals surface area contributed by atoms with Crippen LogP contribution in [-0.2, 0) is 62.4 Å². The van der Waals surface area contributed by atoms with Crippen molar-refractivity contribution in [3.63, 3.8) is 0 Å². The van der Waals surface area contributed by atoms with Crippen LogP contribution in [0.1, 0.15) is 80.9 Å². The second kappa shape index (κ2) is 37.3. The molecule has 1 aliphatic heterocycles. The zero-order valence-corrected chi connectivity index (χ0v) is 51.0. The first kappa shape index (κ1) is 71.2. The zero-order chi connectivity index (χ0) is 66.2. The molecule has 30 heteroatoms. The fourth-order valence-corrected chi connectivity index (χ4v) is 9.87. The smallest absolute Gasteiger partial charge is 0.243 e. The Morgan fingerprint density at radius 2 is 0.626 bits per heavy atom. The van der Waals surface area contributed by atoms with Gasteiger partial charge in [0.25, 0.3) is 0 Å². The highest BCUT2D eigenvalue weighted by Gasteiger charge is 2.36. The lowest BCUT2D eigenvalue weighted by Gasteiger charge is -2.29. The largest absolute Gasteiger partial charge is 0.370 e. The number of carbonyl (C=O) groups is 9. The highest BCUT2D eigenvalue weighted by Crippen LogP contribution is 2.18. The standard InChI is InChI=1S/C61H87N21O9/c1-70-49(83)27-26-45-54(88)80-46(33-36-14-4-2-5-15-36)56(90)81-47(34-37-16-6-3-7-17-37)57(91)82-48(35-38-24-25-39-18-8-9-19-40(39)32-38)55(89)78-44(23-13-31-74-61(68)69)52(86)76-42(21-11-29-72-59(64)65)50(84)75-41(20-10-28-71-58(62)63)51(85)77-43(53(87)79-45)22-12-30-73-60(66)67/h2-9,14-19,24-25,32,41-48H,10-13,20-23,26-31,33-35H2,1H3,(H,70,83)(H,75,84)(H,76,86)(H,77,85)(H,78,89)(H,79,87)(H,80,88)(H,81,90)(H,82,91)(H4,62,63,71)(H4,64,65,72)(H4,66,67,73)(H4,68,69,74)/t41-,42-,43-,44-,45-,46-,47-,48-/m0/s1. The minimum atomic E-state index is -1.55. The zero-order valence-electron chi connectivity index (χ0n) is 51.0. The summed E-state index contributed by atoms with van der Waals surface area (Å²) in [6, 6.07) is 18.6. The first-order valence-corrected chi connectivity index (χ1v) is 30.0. The Kier molecular flexibility index (Phi) is 29.2. The van der Waals surface area contributed by atoms with Crippen molar-refractivity contribution in [2.75, 3.05) is 33.2 Å². The van der Waals surface area contributed by atoms with E-state index in [4.69, 9.17) is 45.9 Å². The molecule has 1 heterocycles. The summed E-state index contributed by atoms with van der Waals surface area (Å²) in [5.41, 5.74) is 46.8. The number of nitrogens with one attached hydrogen (secondary N) is 9. The van der Waals surface area contributed by atoms with Gasteiger partial charge in [-0.1, -0.05) is 103 Å². The summed E-state index contributed by atoms with van der Waals surface area (Å²) in [6.45, 7) is -0.0130. The van der Waals surface area contributed by atoms with Gasteiger partial charge in [-0.05, 0) is 85.3 Å². The number of fused-ring (bicyclic) bond motifs is 1. The Morgan fingerprint density at radius 3 is 0.945 bits per heavy atom. The summed E-state index contributed by atoms with van der Waals surface area (Å²) < 4.78 is 0. The van der Waals surface area contributed by atoms with Crippen LogP contribution in [0, 0.1) is 0 Å². The van der Waals surface area contributed by atoms with Gasteiger partial charge in [-0.3, -0.25) is 63.1 Å². The Hall–Kier alpha value is -10.6. The second-order valence-corrected chi connectivity index (χ2v) is 21.8. The maximum Gasteiger partial charge on any atom is 0.243 e. The van der Waals surface area contributed by atoms with Gasteiger partial charge >= 0.3 is 0 Å². The van der Waals surface area contributed by atoms with Crippen molar-refractivity contribution in [2.24, 2.45) is 65.8 Å². The number of hydrogen-bond donors (Lipinski definition) is 17. The molecule has 1 fully saturated rings. The summed E-state index contributed by atoms with van der Waals surface area (Å²) in [5.74, 6) is -8.52. The third-order valence-electron chi connectivity index (χ3n) is 14.6. The van der Waals surface area contributed by atoms with Crippen LogP contribution in [0.5, 0.6) is 0 Å². The molecule has 91 heavy (non-hydrogen) atoms. The lowest BCUT2D eigenvalue weighted by Crippen LogP contribution is -2.62. The van der Waals surface area contributed by atoms with Crippen LogP contribution in [-0.4, -0.2) is 159 Å². The summed E-state index contributed by atoms with van der Waals surface area (Å²) in [7, 11) is 1.38. The molecule has 0 aliphatic carbocycles. The number of guanidine groups is 4. The topological polar surface area (TPSA) is 519 Å². The van der Waals surface area contributed by atoms with Gasteiger partial charge in [0, 0.05) is 58.9 Å². The van der Waals surface area contributed by atoms with E-state index >= 15 is 14.4 Å². The summed E-state index contributed by atoms with van der Waals surface area (Å²) >= 11 is 0. The van der Waals surface area contributed by atoms with Gasteiger partial charge in [0.2, 0.25) is 53.2 Å². The molecule has 5 rings (SSSR count). The molecular formula is C61H87N21O9. The molecule has 0 spiro atoms. The first-order chi connectivity index (χ1) is 43.6. The number of rotatable bonds is 25. The molecule has 4 aromatic rings. The lowest BCUT2D eigenvalue weighted by molar-refractivity contribution is -0.137. The fraction of sp³-hybridized carbons (Fsp3) is 0.426. The highest BCUT2D eigenvalue weighted by molar-refractivity contribution is 5.99. The molecule has 30 nitrogen and oxygen atoms in total. The molecule has 0 radical (unpaired) electrons. The third kappa shape index (κ3) is 25.6. The average Bonchev–Trinajstić information content (AvgIpc) is 2.14. The van der Waals surface area contributed by atoms with Crippen LogP contribution in [0.3, 0.4) is 0 Å². The van der Waals surface area contributed by atoms with Crippen LogP contribution < -0.4 is 93.7 Å². The van der Waals surface area contributed by atoms with Gasteiger partial charge in [-0.2, -0.15) is 0 Å². The van der Waals surface area contributed by atoms with Gasteiger partial charge in [0.1, 0.15) is 48.3 Å². The molecule has 1 aliphatic rings. The van der Waals surface area contributed by atoms with Gasteiger partial charge in [-0.25, -0.2) is 0 Å². The van der Waals surface area contributed by atoms with E-state index in [1.54, 1.807) is 66.7 Å². The maximum atomic E-state index is 15.2. The predicted molar refractivity (Wildman–Crippen MR) is 346 cm³/mol. The molecule has 4 aromatic carbocycles. The fourth-order valence-electron chi connectivity index (χ4n) is 9.87. The molecule has 9 amide bonds. The Balaban J connectivity index is 1.71. The van der Waals surface area contributed by atoms with Crippen molar-refractivity contribution in [2.45, 2.75) is 132 Å². The highest BCUT2D eigenvalue weighted by atomic mass is 16.2. The van der Waals surface area contributed by atoms with Crippen molar-refractivity contribution < 1.29 is 43.2 Å².